The van der Waals surface area contributed by atoms with Crippen molar-refractivity contribution in [3.8, 4) is 0 Å². The molecule has 0 bridgehead atoms. The maximum atomic E-state index is 6.23. The van der Waals surface area contributed by atoms with Gasteiger partial charge in [0.05, 0.1) is 0 Å². The third-order valence-corrected chi connectivity index (χ3v) is 4.98. The van der Waals surface area contributed by atoms with Gasteiger partial charge in [-0.1, -0.05) is 41.4 Å². The lowest BCUT2D eigenvalue weighted by atomic mass is 10.2. The Morgan fingerprint density at radius 1 is 1.25 bits per heavy atom. The van der Waals surface area contributed by atoms with Crippen LogP contribution in [0.5, 0.6) is 0 Å². The van der Waals surface area contributed by atoms with Crippen LogP contribution in [0.1, 0.15) is 41.3 Å². The average Bonchev–Trinajstić information content (AvgIpc) is 3.25. The molecule has 0 atom stereocenters. The Morgan fingerprint density at radius 2 is 2.05 bits per heavy atom. The number of hydrogen-bond donors (Lipinski definition) is 0. The molecule has 1 fully saturated rings. The van der Waals surface area contributed by atoms with Crippen LogP contribution in [0.25, 0.3) is 0 Å². The third-order valence-electron chi connectivity index (χ3n) is 3.46. The smallest absolute Gasteiger partial charge is 0.136 e. The summed E-state index contributed by atoms with van der Waals surface area (Å²) in [7, 11) is 0. The van der Waals surface area contributed by atoms with E-state index in [9.17, 15) is 0 Å². The van der Waals surface area contributed by atoms with Gasteiger partial charge in [-0.15, -0.1) is 11.8 Å². The Kier molecular flexibility index (Phi) is 3.99. The van der Waals surface area contributed by atoms with Crippen LogP contribution in [0, 0.1) is 13.8 Å². The molecule has 0 aliphatic heterocycles. The van der Waals surface area contributed by atoms with E-state index in [1.165, 1.54) is 24.0 Å². The summed E-state index contributed by atoms with van der Waals surface area (Å²) in [6, 6.07) is 8.58. The summed E-state index contributed by atoms with van der Waals surface area (Å²) < 4.78 is 0. The zero-order chi connectivity index (χ0) is 14.1. The zero-order valence-corrected chi connectivity index (χ0v) is 13.3. The highest BCUT2D eigenvalue weighted by Crippen LogP contribution is 2.40. The number of rotatable bonds is 4. The van der Waals surface area contributed by atoms with Gasteiger partial charge in [0.25, 0.3) is 0 Å². The van der Waals surface area contributed by atoms with E-state index in [1.54, 1.807) is 11.8 Å². The molecule has 1 heterocycles. The van der Waals surface area contributed by atoms with Gasteiger partial charge in [0.1, 0.15) is 16.0 Å². The highest BCUT2D eigenvalue weighted by Gasteiger charge is 2.28. The first-order chi connectivity index (χ1) is 9.63. The predicted molar refractivity (Wildman–Crippen MR) is 84.5 cm³/mol. The summed E-state index contributed by atoms with van der Waals surface area (Å²) >= 11 is 7.98. The van der Waals surface area contributed by atoms with Gasteiger partial charge in [-0.05, 0) is 32.3 Å². The first-order valence-corrected chi connectivity index (χ1v) is 8.22. The monoisotopic (exact) mass is 304 g/mol. The van der Waals surface area contributed by atoms with Gasteiger partial charge >= 0.3 is 0 Å². The molecule has 0 amide bonds. The van der Waals surface area contributed by atoms with Crippen molar-refractivity contribution in [2.75, 3.05) is 0 Å². The molecule has 1 aliphatic rings. The minimum Gasteiger partial charge on any atom is -0.226 e. The summed E-state index contributed by atoms with van der Waals surface area (Å²) in [5.41, 5.74) is 3.60. The summed E-state index contributed by atoms with van der Waals surface area (Å²) in [6.45, 7) is 4.11. The van der Waals surface area contributed by atoms with Gasteiger partial charge in [0.2, 0.25) is 0 Å². The van der Waals surface area contributed by atoms with E-state index < -0.39 is 0 Å². The molecule has 3 rings (SSSR count). The highest BCUT2D eigenvalue weighted by atomic mass is 35.5. The molecule has 1 saturated carbocycles. The quantitative estimate of drug-likeness (QED) is 0.592. The van der Waals surface area contributed by atoms with Gasteiger partial charge in [0, 0.05) is 17.2 Å². The number of nitrogens with zero attached hydrogens (tertiary/aromatic N) is 2. The van der Waals surface area contributed by atoms with Crippen LogP contribution in [0.4, 0.5) is 0 Å². The minimum atomic E-state index is 0.534. The van der Waals surface area contributed by atoms with Crippen LogP contribution in [-0.4, -0.2) is 9.97 Å². The normalized spacial score (nSPS) is 14.6. The molecule has 1 aromatic heterocycles. The second kappa shape index (κ2) is 5.74. The SMILES string of the molecule is Cc1cccc(CSc2nc(C3CC3)nc(Cl)c2C)c1. The van der Waals surface area contributed by atoms with Crippen molar-refractivity contribution in [2.24, 2.45) is 0 Å². The van der Waals surface area contributed by atoms with E-state index in [0.717, 1.165) is 22.2 Å². The van der Waals surface area contributed by atoms with Gasteiger partial charge in [-0.2, -0.15) is 0 Å². The number of benzene rings is 1. The molecule has 2 aromatic rings. The largest absolute Gasteiger partial charge is 0.226 e. The van der Waals surface area contributed by atoms with Crippen molar-refractivity contribution in [3.63, 3.8) is 0 Å². The Morgan fingerprint density at radius 3 is 2.75 bits per heavy atom. The minimum absolute atomic E-state index is 0.534. The van der Waals surface area contributed by atoms with Crippen LogP contribution in [0.2, 0.25) is 5.15 Å². The Hall–Kier alpha value is -1.06. The summed E-state index contributed by atoms with van der Waals surface area (Å²) in [6.07, 6.45) is 2.39. The first-order valence-electron chi connectivity index (χ1n) is 6.86. The van der Waals surface area contributed by atoms with E-state index in [-0.39, 0.29) is 0 Å². The lowest BCUT2D eigenvalue weighted by molar-refractivity contribution is 0.862. The summed E-state index contributed by atoms with van der Waals surface area (Å²) in [5.74, 6) is 2.37. The second-order valence-electron chi connectivity index (χ2n) is 5.35. The standard InChI is InChI=1S/C16H17ClN2S/c1-10-4-3-5-12(8-10)9-20-16-11(2)14(17)18-15(19-16)13-6-7-13/h3-5,8,13H,6-7,9H2,1-2H3. The lowest BCUT2D eigenvalue weighted by Gasteiger charge is -2.09. The fraction of sp³-hybridized carbons (Fsp3) is 0.375. The average molecular weight is 305 g/mol. The van der Waals surface area contributed by atoms with E-state index in [0.29, 0.717) is 11.1 Å². The van der Waals surface area contributed by atoms with Gasteiger partial charge in [-0.3, -0.25) is 0 Å². The topological polar surface area (TPSA) is 25.8 Å². The fourth-order valence-electron chi connectivity index (χ4n) is 2.10. The van der Waals surface area contributed by atoms with Crippen molar-refractivity contribution in [2.45, 2.75) is 43.4 Å². The van der Waals surface area contributed by atoms with Crippen molar-refractivity contribution >= 4 is 23.4 Å². The van der Waals surface area contributed by atoms with E-state index in [1.807, 2.05) is 6.92 Å². The zero-order valence-electron chi connectivity index (χ0n) is 11.7. The molecule has 0 radical (unpaired) electrons. The molecule has 20 heavy (non-hydrogen) atoms. The van der Waals surface area contributed by atoms with E-state index in [4.69, 9.17) is 16.6 Å². The second-order valence-corrected chi connectivity index (χ2v) is 6.68. The Balaban J connectivity index is 1.79. The van der Waals surface area contributed by atoms with Crippen LogP contribution >= 0.6 is 23.4 Å². The highest BCUT2D eigenvalue weighted by molar-refractivity contribution is 7.98. The fourth-order valence-corrected chi connectivity index (χ4v) is 3.29. The van der Waals surface area contributed by atoms with Crippen molar-refractivity contribution in [3.05, 3.63) is 51.9 Å². The molecular weight excluding hydrogens is 288 g/mol. The van der Waals surface area contributed by atoms with E-state index >= 15 is 0 Å². The number of hydrogen-bond acceptors (Lipinski definition) is 3. The number of thioether (sulfide) groups is 1. The summed E-state index contributed by atoms with van der Waals surface area (Å²) in [4.78, 5) is 9.11. The number of aryl methyl sites for hydroxylation is 1. The predicted octanol–water partition coefficient (Wildman–Crippen LogP) is 4.92. The van der Waals surface area contributed by atoms with Gasteiger partial charge in [-0.25, -0.2) is 9.97 Å². The molecule has 0 spiro atoms. The third kappa shape index (κ3) is 3.15. The van der Waals surface area contributed by atoms with Gasteiger partial charge < -0.3 is 0 Å². The Bertz CT molecular complexity index is 638. The summed E-state index contributed by atoms with van der Waals surface area (Å²) in [5, 5.41) is 1.63. The lowest BCUT2D eigenvalue weighted by Crippen LogP contribution is -1.98. The molecular formula is C16H17ClN2S. The van der Waals surface area contributed by atoms with Crippen molar-refractivity contribution in [1.29, 1.82) is 0 Å². The number of aromatic nitrogens is 2. The first kappa shape index (κ1) is 13.9. The molecule has 104 valence electrons. The molecule has 0 unspecified atom stereocenters. The van der Waals surface area contributed by atoms with Gasteiger partial charge in [0.15, 0.2) is 0 Å². The van der Waals surface area contributed by atoms with Crippen molar-refractivity contribution < 1.29 is 0 Å². The van der Waals surface area contributed by atoms with Crippen molar-refractivity contribution in [1.82, 2.24) is 9.97 Å². The molecule has 2 nitrogen and oxygen atoms in total. The van der Waals surface area contributed by atoms with Crippen LogP contribution in [0.15, 0.2) is 29.3 Å². The van der Waals surface area contributed by atoms with Crippen LogP contribution in [-0.2, 0) is 5.75 Å². The number of halogens is 1. The maximum absolute atomic E-state index is 6.23. The molecule has 4 heteroatoms. The molecule has 1 aromatic carbocycles. The molecule has 0 N–H and O–H groups in total. The van der Waals surface area contributed by atoms with Crippen LogP contribution in [0.3, 0.4) is 0 Å². The van der Waals surface area contributed by atoms with Crippen LogP contribution < -0.4 is 0 Å². The Labute approximate surface area is 129 Å². The molecule has 0 saturated heterocycles. The maximum Gasteiger partial charge on any atom is 0.136 e. The van der Waals surface area contributed by atoms with E-state index in [2.05, 4.69) is 36.2 Å². The molecule has 1 aliphatic carbocycles.